The van der Waals surface area contributed by atoms with Crippen LogP contribution in [0.15, 0.2) is 24.3 Å². The molecule has 1 aliphatic rings. The molecule has 0 radical (unpaired) electrons. The molecule has 44 heavy (non-hydrogen) atoms. The lowest BCUT2D eigenvalue weighted by Crippen LogP contribution is -2.36. The first-order valence-corrected chi connectivity index (χ1v) is 12.6. The molecule has 1 fully saturated rings. The van der Waals surface area contributed by atoms with Crippen molar-refractivity contribution in [2.75, 3.05) is 42.8 Å². The van der Waals surface area contributed by atoms with Crippen molar-refractivity contribution in [3.05, 3.63) is 41.2 Å². The summed E-state index contributed by atoms with van der Waals surface area (Å²) in [7, 11) is 3.58. The summed E-state index contributed by atoms with van der Waals surface area (Å²) in [6.07, 6.45) is -16.0. The molecule has 2 atom stereocenters. The highest BCUT2D eigenvalue weighted by molar-refractivity contribution is 5.90. The lowest BCUT2D eigenvalue weighted by molar-refractivity contribution is -0.215. The zero-order valence-corrected chi connectivity index (χ0v) is 23.2. The zero-order chi connectivity index (χ0) is 33.0. The smallest absolute Gasteiger partial charge is 0.475 e. The van der Waals surface area contributed by atoms with Gasteiger partial charge in [-0.2, -0.15) is 44.5 Å². The van der Waals surface area contributed by atoms with Crippen LogP contribution in [0.5, 0.6) is 0 Å². The number of hydrogen-bond acceptors (Lipinski definition) is 9. The quantitative estimate of drug-likeness (QED) is 0.287. The summed E-state index contributed by atoms with van der Waals surface area (Å²) >= 11 is 0. The second kappa shape index (κ2) is 13.2. The number of alkyl halides is 9. The van der Waals surface area contributed by atoms with E-state index < -0.39 is 42.1 Å². The highest BCUT2D eigenvalue weighted by atomic mass is 19.4. The van der Waals surface area contributed by atoms with E-state index in [1.54, 1.807) is 32.0 Å². The molecule has 0 aliphatic carbocycles. The van der Waals surface area contributed by atoms with Crippen molar-refractivity contribution in [1.29, 1.82) is 0 Å². The fraction of sp³-hybridized carbons (Fsp3) is 0.480. The Kier molecular flexibility index (Phi) is 10.3. The van der Waals surface area contributed by atoms with Gasteiger partial charge in [-0.1, -0.05) is 0 Å². The molecule has 2 unspecified atom stereocenters. The predicted molar refractivity (Wildman–Crippen MR) is 139 cm³/mol. The third-order valence-electron chi connectivity index (χ3n) is 6.06. The molecule has 0 bridgehead atoms. The van der Waals surface area contributed by atoms with Gasteiger partial charge >= 0.3 is 24.5 Å². The Balaban J connectivity index is 0.000000676. The molecule has 1 saturated heterocycles. The molecule has 19 heteroatoms. The first-order valence-electron chi connectivity index (χ1n) is 12.6. The molecule has 4 rings (SSSR count). The molecule has 0 saturated carbocycles. The number of halogens is 9. The molecular weight excluding hydrogens is 617 g/mol. The zero-order valence-electron chi connectivity index (χ0n) is 23.2. The SMILES string of the molecule is Cc1cc(CNc2nc(NCC3CCOC3C(F)(F)F)nc3cc(C(F)(F)F)ccc23)nc(N(C)C)n1.O=C(O)C(F)(F)F. The van der Waals surface area contributed by atoms with Gasteiger partial charge in [-0.25, -0.2) is 19.7 Å². The number of fused-ring (bicyclic) bond motifs is 1. The van der Waals surface area contributed by atoms with E-state index >= 15 is 0 Å². The maximum Gasteiger partial charge on any atom is 0.490 e. The van der Waals surface area contributed by atoms with E-state index in [0.29, 0.717) is 17.0 Å². The monoisotopic (exact) mass is 643 g/mol. The van der Waals surface area contributed by atoms with Gasteiger partial charge in [-0.15, -0.1) is 0 Å². The summed E-state index contributed by atoms with van der Waals surface area (Å²) in [5, 5.41) is 13.3. The van der Waals surface area contributed by atoms with E-state index in [2.05, 4.69) is 30.6 Å². The Morgan fingerprint density at radius 1 is 1.00 bits per heavy atom. The first kappa shape index (κ1) is 34.3. The number of carboxylic acids is 1. The molecule has 3 heterocycles. The van der Waals surface area contributed by atoms with E-state index in [4.69, 9.17) is 14.6 Å². The fourth-order valence-electron chi connectivity index (χ4n) is 4.03. The molecule has 2 aromatic heterocycles. The van der Waals surface area contributed by atoms with Crippen molar-refractivity contribution in [2.45, 2.75) is 44.5 Å². The van der Waals surface area contributed by atoms with Crippen molar-refractivity contribution < 1.29 is 54.2 Å². The van der Waals surface area contributed by atoms with Gasteiger partial charge in [0.25, 0.3) is 0 Å². The maximum absolute atomic E-state index is 13.3. The Morgan fingerprint density at radius 3 is 2.23 bits per heavy atom. The molecule has 3 N–H and O–H groups in total. The van der Waals surface area contributed by atoms with Gasteiger partial charge in [-0.3, -0.25) is 0 Å². The fourth-order valence-corrected chi connectivity index (χ4v) is 4.03. The molecule has 3 aromatic rings. The molecule has 10 nitrogen and oxygen atoms in total. The number of carbonyl (C=O) groups is 1. The second-order valence-corrected chi connectivity index (χ2v) is 9.74. The number of nitrogens with one attached hydrogen (secondary N) is 2. The van der Waals surface area contributed by atoms with Gasteiger partial charge in [0, 0.05) is 44.2 Å². The predicted octanol–water partition coefficient (Wildman–Crippen LogP) is 5.44. The normalized spacial score (nSPS) is 17.2. The number of benzene rings is 1. The van der Waals surface area contributed by atoms with Gasteiger partial charge in [0.15, 0.2) is 6.10 Å². The molecule has 1 aromatic carbocycles. The minimum atomic E-state index is -5.08. The van der Waals surface area contributed by atoms with Crippen LogP contribution in [-0.2, 0) is 22.3 Å². The molecule has 0 spiro atoms. The van der Waals surface area contributed by atoms with Crippen molar-refractivity contribution in [3.63, 3.8) is 0 Å². The van der Waals surface area contributed by atoms with Crippen molar-refractivity contribution >= 4 is 34.6 Å². The van der Waals surface area contributed by atoms with E-state index in [9.17, 15) is 39.5 Å². The topological polar surface area (TPSA) is 125 Å². The minimum absolute atomic E-state index is 0.0160. The Bertz CT molecular complexity index is 1460. The number of aryl methyl sites for hydroxylation is 1. The summed E-state index contributed by atoms with van der Waals surface area (Å²) in [5.74, 6) is -3.05. The van der Waals surface area contributed by atoms with Crippen molar-refractivity contribution in [3.8, 4) is 0 Å². The minimum Gasteiger partial charge on any atom is -0.475 e. The number of nitrogens with zero attached hydrogens (tertiary/aromatic N) is 5. The lowest BCUT2D eigenvalue weighted by Gasteiger charge is -2.21. The molecule has 1 aliphatic heterocycles. The third kappa shape index (κ3) is 9.17. The van der Waals surface area contributed by atoms with Crippen LogP contribution in [0.3, 0.4) is 0 Å². The molecular formula is C25H26F9N7O3. The summed E-state index contributed by atoms with van der Waals surface area (Å²) < 4.78 is 116. The van der Waals surface area contributed by atoms with Crippen LogP contribution < -0.4 is 15.5 Å². The second-order valence-electron chi connectivity index (χ2n) is 9.74. The summed E-state index contributed by atoms with van der Waals surface area (Å²) in [6, 6.07) is 4.81. The maximum atomic E-state index is 13.3. The van der Waals surface area contributed by atoms with Crippen molar-refractivity contribution in [2.24, 2.45) is 5.92 Å². The Morgan fingerprint density at radius 2 is 1.66 bits per heavy atom. The van der Waals surface area contributed by atoms with E-state index in [0.717, 1.165) is 17.8 Å². The summed E-state index contributed by atoms with van der Waals surface area (Å²) in [5.41, 5.74) is 0.412. The van der Waals surface area contributed by atoms with Crippen LogP contribution in [0.1, 0.15) is 23.4 Å². The van der Waals surface area contributed by atoms with E-state index in [-0.39, 0.29) is 43.4 Å². The van der Waals surface area contributed by atoms with Gasteiger partial charge in [-0.05, 0) is 37.6 Å². The van der Waals surface area contributed by atoms with Gasteiger partial charge in [0.2, 0.25) is 11.9 Å². The van der Waals surface area contributed by atoms with Gasteiger partial charge in [0.05, 0.1) is 23.3 Å². The number of ether oxygens (including phenoxy) is 1. The Hall–Kier alpha value is -4.16. The summed E-state index contributed by atoms with van der Waals surface area (Å²) in [4.78, 5) is 27.9. The number of rotatable bonds is 7. The average molecular weight is 644 g/mol. The number of hydrogen-bond donors (Lipinski definition) is 3. The largest absolute Gasteiger partial charge is 0.490 e. The van der Waals surface area contributed by atoms with Crippen LogP contribution in [0.2, 0.25) is 0 Å². The Labute approximate surface area is 243 Å². The standard InChI is InChI=1S/C23H25F6N7O.C2HF3O2/c1-12-8-15(33-21(32-12)36(2)3)11-30-19-16-5-4-14(22(24,25)26)9-17(16)34-20(35-19)31-10-13-6-7-37-18(13)23(27,28)29;3-2(4,5)1(6)7/h4-5,8-9,13,18H,6-7,10-11H2,1-3H3,(H2,30,31,34,35);(H,6,7). The van der Waals surface area contributed by atoms with Crippen LogP contribution in [0.25, 0.3) is 10.9 Å². The number of anilines is 3. The van der Waals surface area contributed by atoms with Crippen LogP contribution in [0.4, 0.5) is 57.2 Å². The van der Waals surface area contributed by atoms with Gasteiger partial charge < -0.3 is 25.4 Å². The highest BCUT2D eigenvalue weighted by Crippen LogP contribution is 2.35. The number of aliphatic carboxylic acids is 1. The van der Waals surface area contributed by atoms with Crippen LogP contribution in [0, 0.1) is 12.8 Å². The number of aromatic nitrogens is 4. The first-order chi connectivity index (χ1) is 20.3. The van der Waals surface area contributed by atoms with Crippen LogP contribution >= 0.6 is 0 Å². The van der Waals surface area contributed by atoms with Crippen molar-refractivity contribution in [1.82, 2.24) is 19.9 Å². The molecule has 0 amide bonds. The number of carboxylic acid groups (broad SMARTS) is 1. The summed E-state index contributed by atoms with van der Waals surface area (Å²) in [6.45, 7) is 1.78. The van der Waals surface area contributed by atoms with E-state index in [1.165, 1.54) is 6.07 Å². The average Bonchev–Trinajstić information content (AvgIpc) is 3.39. The molecule has 242 valence electrons. The third-order valence-corrected chi connectivity index (χ3v) is 6.06. The highest BCUT2D eigenvalue weighted by Gasteiger charge is 2.48. The van der Waals surface area contributed by atoms with E-state index in [1.807, 2.05) is 0 Å². The lowest BCUT2D eigenvalue weighted by atomic mass is 10.0. The van der Waals surface area contributed by atoms with Crippen LogP contribution in [-0.4, -0.2) is 76.7 Å². The van der Waals surface area contributed by atoms with Gasteiger partial charge in [0.1, 0.15) is 5.82 Å².